The summed E-state index contributed by atoms with van der Waals surface area (Å²) in [5.74, 6) is 0.0826. The first kappa shape index (κ1) is 15.0. The third-order valence-electron chi connectivity index (χ3n) is 4.01. The predicted octanol–water partition coefficient (Wildman–Crippen LogP) is 1.49. The smallest absolute Gasteiger partial charge is 0.267 e. The number of H-pyrrole nitrogens is 1. The van der Waals surface area contributed by atoms with Gasteiger partial charge >= 0.3 is 0 Å². The molecule has 3 heterocycles. The van der Waals surface area contributed by atoms with Gasteiger partial charge in [0.15, 0.2) is 11.6 Å². The van der Waals surface area contributed by atoms with E-state index in [1.807, 2.05) is 31.2 Å². The lowest BCUT2D eigenvalue weighted by Gasteiger charge is -2.17. The first-order valence-electron chi connectivity index (χ1n) is 7.64. The van der Waals surface area contributed by atoms with Crippen molar-refractivity contribution in [1.29, 1.82) is 0 Å². The first-order chi connectivity index (χ1) is 12.0. The molecule has 3 N–H and O–H groups in total. The zero-order valence-electron chi connectivity index (χ0n) is 13.4. The number of nitrogens with two attached hydrogens (primary N) is 1. The largest absolute Gasteiger partial charge is 0.364 e. The molecule has 2 amide bonds. The number of carbonyl (C=O) groups excluding carboxylic acids is 2. The minimum Gasteiger partial charge on any atom is -0.364 e. The number of amides is 2. The third kappa shape index (κ3) is 2.44. The van der Waals surface area contributed by atoms with E-state index in [2.05, 4.69) is 19.9 Å². The zero-order valence-corrected chi connectivity index (χ0v) is 13.4. The molecule has 0 saturated heterocycles. The van der Waals surface area contributed by atoms with E-state index < -0.39 is 5.91 Å². The molecule has 4 rings (SSSR count). The van der Waals surface area contributed by atoms with E-state index in [1.54, 1.807) is 12.4 Å². The fourth-order valence-corrected chi connectivity index (χ4v) is 2.83. The number of hydrogen-bond acceptors (Lipinski definition) is 5. The van der Waals surface area contributed by atoms with Crippen LogP contribution in [0.25, 0.3) is 11.6 Å². The second-order valence-corrected chi connectivity index (χ2v) is 5.74. The van der Waals surface area contributed by atoms with Crippen LogP contribution in [0.3, 0.4) is 0 Å². The van der Waals surface area contributed by atoms with Crippen molar-refractivity contribution in [2.45, 2.75) is 13.3 Å². The summed E-state index contributed by atoms with van der Waals surface area (Å²) >= 11 is 0. The highest BCUT2D eigenvalue weighted by atomic mass is 16.2. The Kier molecular flexibility index (Phi) is 3.31. The number of fused-ring (bicyclic) bond motifs is 1. The maximum atomic E-state index is 12.6. The molecular formula is C17H14N6O2. The number of imidazole rings is 1. The lowest BCUT2D eigenvalue weighted by molar-refractivity contribution is -0.116. The van der Waals surface area contributed by atoms with E-state index >= 15 is 0 Å². The van der Waals surface area contributed by atoms with Crippen LogP contribution in [0.4, 0.5) is 11.5 Å². The van der Waals surface area contributed by atoms with Gasteiger partial charge in [-0.05, 0) is 19.1 Å². The third-order valence-corrected chi connectivity index (χ3v) is 4.01. The van der Waals surface area contributed by atoms with Gasteiger partial charge in [-0.25, -0.2) is 15.0 Å². The maximum absolute atomic E-state index is 12.6. The Labute approximate surface area is 142 Å². The average molecular weight is 334 g/mol. The van der Waals surface area contributed by atoms with E-state index in [-0.39, 0.29) is 23.8 Å². The Morgan fingerprint density at radius 1 is 1.24 bits per heavy atom. The molecule has 0 fully saturated rings. The summed E-state index contributed by atoms with van der Waals surface area (Å²) in [6.45, 7) is 1.96. The SMILES string of the molecule is Cc1ccc(N2C(=O)Cc3c(C(N)=O)nc(-c4ncc[nH]4)nc32)cc1. The van der Waals surface area contributed by atoms with Crippen LogP contribution in [-0.2, 0) is 11.2 Å². The van der Waals surface area contributed by atoms with Crippen molar-refractivity contribution in [3.63, 3.8) is 0 Å². The number of aromatic nitrogens is 4. The number of aryl methyl sites for hydroxylation is 1. The molecule has 124 valence electrons. The molecule has 8 heteroatoms. The summed E-state index contributed by atoms with van der Waals surface area (Å²) < 4.78 is 0. The summed E-state index contributed by atoms with van der Waals surface area (Å²) in [6.07, 6.45) is 3.21. The summed E-state index contributed by atoms with van der Waals surface area (Å²) in [6, 6.07) is 7.48. The fraction of sp³-hybridized carbons (Fsp3) is 0.118. The molecule has 1 aliphatic rings. The normalized spacial score (nSPS) is 13.2. The monoisotopic (exact) mass is 334 g/mol. The van der Waals surface area contributed by atoms with Crippen molar-refractivity contribution >= 4 is 23.3 Å². The Morgan fingerprint density at radius 3 is 2.64 bits per heavy atom. The molecular weight excluding hydrogens is 320 g/mol. The van der Waals surface area contributed by atoms with E-state index in [9.17, 15) is 9.59 Å². The number of benzene rings is 1. The van der Waals surface area contributed by atoms with Gasteiger partial charge in [-0.1, -0.05) is 17.7 Å². The predicted molar refractivity (Wildman–Crippen MR) is 90.2 cm³/mol. The Hall–Kier alpha value is -3.55. The number of primary amides is 1. The molecule has 0 saturated carbocycles. The molecule has 1 aliphatic heterocycles. The number of anilines is 2. The molecule has 0 spiro atoms. The van der Waals surface area contributed by atoms with Gasteiger partial charge in [0.2, 0.25) is 5.91 Å². The van der Waals surface area contributed by atoms with E-state index in [0.29, 0.717) is 22.9 Å². The number of hydrogen-bond donors (Lipinski definition) is 2. The summed E-state index contributed by atoms with van der Waals surface area (Å²) in [4.78, 5) is 41.6. The van der Waals surface area contributed by atoms with Crippen LogP contribution in [0.1, 0.15) is 21.6 Å². The van der Waals surface area contributed by atoms with Crippen molar-refractivity contribution in [2.24, 2.45) is 5.73 Å². The standard InChI is InChI=1S/C17H14N6O2/c1-9-2-4-10(5-3-9)23-12(24)8-11-13(14(18)25)21-16(22-17(11)23)15-19-6-7-20-15/h2-7H,8H2,1H3,(H2,18,25)(H,19,20). The van der Waals surface area contributed by atoms with Crippen LogP contribution in [0.15, 0.2) is 36.7 Å². The van der Waals surface area contributed by atoms with Crippen molar-refractivity contribution in [3.8, 4) is 11.6 Å². The van der Waals surface area contributed by atoms with Crippen molar-refractivity contribution in [3.05, 3.63) is 53.5 Å². The zero-order chi connectivity index (χ0) is 17.6. The average Bonchev–Trinajstić information content (AvgIpc) is 3.22. The second-order valence-electron chi connectivity index (χ2n) is 5.74. The van der Waals surface area contributed by atoms with E-state index in [1.165, 1.54) is 4.90 Å². The number of rotatable bonds is 3. The minimum absolute atomic E-state index is 0.0277. The fourth-order valence-electron chi connectivity index (χ4n) is 2.83. The topological polar surface area (TPSA) is 118 Å². The van der Waals surface area contributed by atoms with Crippen molar-refractivity contribution in [1.82, 2.24) is 19.9 Å². The van der Waals surface area contributed by atoms with Crippen LogP contribution in [0.2, 0.25) is 0 Å². The van der Waals surface area contributed by atoms with Gasteiger partial charge in [-0.15, -0.1) is 0 Å². The molecule has 3 aromatic rings. The van der Waals surface area contributed by atoms with Crippen molar-refractivity contribution < 1.29 is 9.59 Å². The van der Waals surface area contributed by atoms with E-state index in [4.69, 9.17) is 5.73 Å². The van der Waals surface area contributed by atoms with Crippen LogP contribution >= 0.6 is 0 Å². The van der Waals surface area contributed by atoms with Gasteiger partial charge in [-0.2, -0.15) is 0 Å². The van der Waals surface area contributed by atoms with Gasteiger partial charge in [0, 0.05) is 18.0 Å². The maximum Gasteiger partial charge on any atom is 0.267 e. The van der Waals surface area contributed by atoms with Gasteiger partial charge in [0.05, 0.1) is 12.1 Å². The number of nitrogens with zero attached hydrogens (tertiary/aromatic N) is 4. The first-order valence-corrected chi connectivity index (χ1v) is 7.64. The van der Waals surface area contributed by atoms with E-state index in [0.717, 1.165) is 5.56 Å². The Morgan fingerprint density at radius 2 is 2.00 bits per heavy atom. The highest BCUT2D eigenvalue weighted by Crippen LogP contribution is 2.36. The van der Waals surface area contributed by atoms with Crippen LogP contribution in [-0.4, -0.2) is 31.8 Å². The minimum atomic E-state index is -0.704. The lowest BCUT2D eigenvalue weighted by Crippen LogP contribution is -2.21. The highest BCUT2D eigenvalue weighted by molar-refractivity contribution is 6.09. The molecule has 25 heavy (non-hydrogen) atoms. The highest BCUT2D eigenvalue weighted by Gasteiger charge is 2.35. The summed E-state index contributed by atoms with van der Waals surface area (Å²) in [5.41, 5.74) is 7.70. The summed E-state index contributed by atoms with van der Waals surface area (Å²) in [5, 5.41) is 0. The van der Waals surface area contributed by atoms with Gasteiger partial charge in [0.25, 0.3) is 5.91 Å². The van der Waals surface area contributed by atoms with Crippen LogP contribution in [0, 0.1) is 6.92 Å². The molecule has 8 nitrogen and oxygen atoms in total. The van der Waals surface area contributed by atoms with Gasteiger partial charge in [-0.3, -0.25) is 14.5 Å². The molecule has 0 atom stereocenters. The molecule has 0 unspecified atom stereocenters. The molecule has 1 aromatic carbocycles. The number of carbonyl (C=O) groups is 2. The van der Waals surface area contributed by atoms with Gasteiger partial charge < -0.3 is 10.7 Å². The number of nitrogens with one attached hydrogen (secondary N) is 1. The molecule has 0 aliphatic carbocycles. The quantitative estimate of drug-likeness (QED) is 0.752. The van der Waals surface area contributed by atoms with Gasteiger partial charge in [0.1, 0.15) is 11.5 Å². The lowest BCUT2D eigenvalue weighted by atomic mass is 10.1. The van der Waals surface area contributed by atoms with Crippen LogP contribution < -0.4 is 10.6 Å². The molecule has 2 aromatic heterocycles. The summed E-state index contributed by atoms with van der Waals surface area (Å²) in [7, 11) is 0. The van der Waals surface area contributed by atoms with Crippen LogP contribution in [0.5, 0.6) is 0 Å². The number of aromatic amines is 1. The second kappa shape index (κ2) is 5.52. The Bertz CT molecular complexity index is 979. The Balaban J connectivity index is 1.92. The van der Waals surface area contributed by atoms with Crippen molar-refractivity contribution in [2.75, 3.05) is 4.90 Å². The molecule has 0 bridgehead atoms. The molecule has 0 radical (unpaired) electrons.